The molecule has 2 heterocycles. The number of aromatic nitrogens is 2. The van der Waals surface area contributed by atoms with Gasteiger partial charge in [-0.2, -0.15) is 0 Å². The van der Waals surface area contributed by atoms with Gasteiger partial charge in [-0.15, -0.1) is 0 Å². The molecule has 1 aromatic carbocycles. The summed E-state index contributed by atoms with van der Waals surface area (Å²) in [7, 11) is 0. The van der Waals surface area contributed by atoms with Crippen LogP contribution in [0.4, 0.5) is 0 Å². The maximum absolute atomic E-state index is 11.5. The lowest BCUT2D eigenvalue weighted by molar-refractivity contribution is -0.147. The number of hydrogen-bond donors (Lipinski definition) is 4. The van der Waals surface area contributed by atoms with E-state index in [-0.39, 0.29) is 12.0 Å². The lowest BCUT2D eigenvalue weighted by Crippen LogP contribution is -2.32. The van der Waals surface area contributed by atoms with Crippen molar-refractivity contribution in [2.24, 2.45) is 5.92 Å². The van der Waals surface area contributed by atoms with Gasteiger partial charge >= 0.3 is 5.97 Å². The zero-order chi connectivity index (χ0) is 21.7. The lowest BCUT2D eigenvalue weighted by Gasteiger charge is -2.19. The first kappa shape index (κ1) is 21.8. The summed E-state index contributed by atoms with van der Waals surface area (Å²) in [5.74, 6) is -0.589. The Kier molecular flexibility index (Phi) is 7.07. The molecule has 2 aromatic heterocycles. The SMILES string of the molecule is CC(C)C(Oc1cccc2c(C[C@@H](C)NC[C@H](O)c3cccnc3)c[nH]c12)C(=O)O. The second-order valence-corrected chi connectivity index (χ2v) is 7.93. The number of carbonyl (C=O) groups is 1. The number of H-pyrrole nitrogens is 1. The second kappa shape index (κ2) is 9.73. The standard InChI is InChI=1S/C23H29N3O4/c1-14(2)22(23(28)29)30-20-8-4-7-18-17(12-26-21(18)20)10-15(3)25-13-19(27)16-6-5-9-24-11-16/h4-9,11-12,14-15,19,22,25-27H,10,13H2,1-3H3,(H,28,29)/t15-,19+,22?/m1/s1. The normalized spacial score (nSPS) is 14.6. The number of aliphatic hydroxyl groups excluding tert-OH is 1. The number of aromatic amines is 1. The minimum Gasteiger partial charge on any atom is -0.478 e. The van der Waals surface area contributed by atoms with Crippen LogP contribution in [0.1, 0.15) is 38.0 Å². The van der Waals surface area contributed by atoms with E-state index < -0.39 is 18.2 Å². The summed E-state index contributed by atoms with van der Waals surface area (Å²) in [6.45, 7) is 6.14. The van der Waals surface area contributed by atoms with Crippen LogP contribution in [0.25, 0.3) is 10.9 Å². The number of nitrogens with zero attached hydrogens (tertiary/aromatic N) is 1. The molecule has 0 aliphatic rings. The maximum atomic E-state index is 11.5. The molecule has 0 aliphatic carbocycles. The van der Waals surface area contributed by atoms with Gasteiger partial charge in [0.15, 0.2) is 6.10 Å². The van der Waals surface area contributed by atoms with E-state index in [0.717, 1.165) is 28.5 Å². The van der Waals surface area contributed by atoms with Gasteiger partial charge in [0.25, 0.3) is 0 Å². The van der Waals surface area contributed by atoms with Gasteiger partial charge in [0.2, 0.25) is 0 Å². The first-order valence-corrected chi connectivity index (χ1v) is 10.2. The second-order valence-electron chi connectivity index (χ2n) is 7.93. The summed E-state index contributed by atoms with van der Waals surface area (Å²) in [6, 6.07) is 9.44. The van der Waals surface area contributed by atoms with Crippen molar-refractivity contribution in [1.29, 1.82) is 0 Å². The van der Waals surface area contributed by atoms with Crippen molar-refractivity contribution in [1.82, 2.24) is 15.3 Å². The number of carboxylic acid groups (broad SMARTS) is 1. The number of para-hydroxylation sites is 1. The van der Waals surface area contributed by atoms with Crippen molar-refractivity contribution in [3.63, 3.8) is 0 Å². The van der Waals surface area contributed by atoms with Gasteiger partial charge in [-0.1, -0.05) is 32.0 Å². The van der Waals surface area contributed by atoms with E-state index in [1.165, 1.54) is 0 Å². The molecular formula is C23H29N3O4. The molecular weight excluding hydrogens is 382 g/mol. The Hall–Kier alpha value is -2.90. The van der Waals surface area contributed by atoms with E-state index in [4.69, 9.17) is 4.74 Å². The third-order valence-corrected chi connectivity index (χ3v) is 5.12. The smallest absolute Gasteiger partial charge is 0.345 e. The van der Waals surface area contributed by atoms with Gasteiger partial charge in [-0.3, -0.25) is 4.98 Å². The topological polar surface area (TPSA) is 107 Å². The van der Waals surface area contributed by atoms with Gasteiger partial charge < -0.3 is 25.3 Å². The van der Waals surface area contributed by atoms with Crippen LogP contribution in [-0.2, 0) is 11.2 Å². The van der Waals surface area contributed by atoms with Gasteiger partial charge in [-0.05, 0) is 31.0 Å². The number of aliphatic carboxylic acids is 1. The van der Waals surface area contributed by atoms with Crippen LogP contribution >= 0.6 is 0 Å². The van der Waals surface area contributed by atoms with E-state index >= 15 is 0 Å². The van der Waals surface area contributed by atoms with E-state index in [1.54, 1.807) is 18.5 Å². The average molecular weight is 412 g/mol. The predicted octanol–water partition coefficient (Wildman–Crippen LogP) is 3.31. The number of fused-ring (bicyclic) bond motifs is 1. The minimum absolute atomic E-state index is 0.127. The molecule has 3 rings (SSSR count). The van der Waals surface area contributed by atoms with Crippen LogP contribution in [-0.4, -0.2) is 44.8 Å². The molecule has 1 unspecified atom stereocenters. The highest BCUT2D eigenvalue weighted by Crippen LogP contribution is 2.29. The van der Waals surface area contributed by atoms with Crippen LogP contribution in [0.15, 0.2) is 48.9 Å². The molecule has 0 amide bonds. The van der Waals surface area contributed by atoms with Crippen LogP contribution in [0.3, 0.4) is 0 Å². The zero-order valence-electron chi connectivity index (χ0n) is 17.5. The molecule has 7 nitrogen and oxygen atoms in total. The number of nitrogens with one attached hydrogen (secondary N) is 2. The summed E-state index contributed by atoms with van der Waals surface area (Å²) < 4.78 is 5.81. The molecule has 7 heteroatoms. The maximum Gasteiger partial charge on any atom is 0.345 e. The van der Waals surface area contributed by atoms with E-state index in [2.05, 4.69) is 22.2 Å². The van der Waals surface area contributed by atoms with Crippen molar-refractivity contribution < 1.29 is 19.7 Å². The van der Waals surface area contributed by atoms with E-state index in [0.29, 0.717) is 12.3 Å². The Morgan fingerprint density at radius 2 is 2.03 bits per heavy atom. The number of pyridine rings is 1. The van der Waals surface area contributed by atoms with Gasteiger partial charge in [0.1, 0.15) is 5.75 Å². The first-order valence-electron chi connectivity index (χ1n) is 10.2. The molecule has 30 heavy (non-hydrogen) atoms. The van der Waals surface area contributed by atoms with Gasteiger partial charge in [-0.25, -0.2) is 4.79 Å². The molecule has 0 aliphatic heterocycles. The van der Waals surface area contributed by atoms with E-state index in [1.807, 2.05) is 44.3 Å². The minimum atomic E-state index is -0.973. The van der Waals surface area contributed by atoms with E-state index in [9.17, 15) is 15.0 Å². The number of ether oxygens (including phenoxy) is 1. The molecule has 3 aromatic rings. The Balaban J connectivity index is 1.67. The van der Waals surface area contributed by atoms with Crippen LogP contribution in [0.2, 0.25) is 0 Å². The molecule has 3 atom stereocenters. The monoisotopic (exact) mass is 411 g/mol. The first-order chi connectivity index (χ1) is 14.4. The van der Waals surface area contributed by atoms with Crippen LogP contribution < -0.4 is 10.1 Å². The quantitative estimate of drug-likeness (QED) is 0.408. The van der Waals surface area contributed by atoms with Gasteiger partial charge in [0, 0.05) is 48.0 Å². The summed E-state index contributed by atoms with van der Waals surface area (Å²) in [6.07, 6.45) is 4.50. The Morgan fingerprint density at radius 3 is 2.70 bits per heavy atom. The van der Waals surface area contributed by atoms with Crippen molar-refractivity contribution in [2.45, 2.75) is 45.4 Å². The predicted molar refractivity (Wildman–Crippen MR) is 116 cm³/mol. The van der Waals surface area contributed by atoms with Gasteiger partial charge in [0.05, 0.1) is 11.6 Å². The number of benzene rings is 1. The molecule has 4 N–H and O–H groups in total. The number of rotatable bonds is 10. The fourth-order valence-corrected chi connectivity index (χ4v) is 3.47. The Bertz CT molecular complexity index is 971. The average Bonchev–Trinajstić information content (AvgIpc) is 3.13. The van der Waals surface area contributed by atoms with Crippen LogP contribution in [0.5, 0.6) is 5.75 Å². The molecule has 0 radical (unpaired) electrons. The van der Waals surface area contributed by atoms with Crippen molar-refractivity contribution in [3.8, 4) is 5.75 Å². The fourth-order valence-electron chi connectivity index (χ4n) is 3.47. The van der Waals surface area contributed by atoms with Crippen molar-refractivity contribution >= 4 is 16.9 Å². The largest absolute Gasteiger partial charge is 0.478 e. The summed E-state index contributed by atoms with van der Waals surface area (Å²) in [5, 5.41) is 24.1. The fraction of sp³-hybridized carbons (Fsp3) is 0.391. The Labute approximate surface area is 176 Å². The number of hydrogen-bond acceptors (Lipinski definition) is 5. The molecule has 0 fully saturated rings. The number of aliphatic hydroxyl groups is 1. The molecule has 0 saturated heterocycles. The lowest BCUT2D eigenvalue weighted by atomic mass is 10.0. The summed E-state index contributed by atoms with van der Waals surface area (Å²) in [5.41, 5.74) is 2.67. The summed E-state index contributed by atoms with van der Waals surface area (Å²) >= 11 is 0. The third kappa shape index (κ3) is 5.17. The highest BCUT2D eigenvalue weighted by molar-refractivity contribution is 5.88. The summed E-state index contributed by atoms with van der Waals surface area (Å²) in [4.78, 5) is 18.8. The molecule has 0 saturated carbocycles. The third-order valence-electron chi connectivity index (χ3n) is 5.12. The highest BCUT2D eigenvalue weighted by Gasteiger charge is 2.24. The molecule has 160 valence electrons. The Morgan fingerprint density at radius 1 is 1.23 bits per heavy atom. The zero-order valence-corrected chi connectivity index (χ0v) is 17.5. The molecule has 0 spiro atoms. The number of carboxylic acids is 1. The van der Waals surface area contributed by atoms with Crippen molar-refractivity contribution in [3.05, 3.63) is 60.0 Å². The molecule has 0 bridgehead atoms. The van der Waals surface area contributed by atoms with Crippen molar-refractivity contribution in [2.75, 3.05) is 6.54 Å². The van der Waals surface area contributed by atoms with Crippen LogP contribution in [0, 0.1) is 5.92 Å². The highest BCUT2D eigenvalue weighted by atomic mass is 16.5.